The minimum absolute atomic E-state index is 1.00. The average Bonchev–Trinajstić information content (AvgIpc) is 2.58. The Balaban J connectivity index is 2.22. The Bertz CT molecular complexity index is 244. The molecule has 11 heavy (non-hydrogen) atoms. The van der Waals surface area contributed by atoms with Crippen LogP contribution in [0.1, 0.15) is 31.4 Å². The smallest absolute Gasteiger partial charge is 0.170 e. The first-order chi connectivity index (χ1) is 5.47. The van der Waals surface area contributed by atoms with E-state index in [0.717, 1.165) is 5.76 Å². The molecule has 1 aromatic rings. The summed E-state index contributed by atoms with van der Waals surface area (Å²) >= 11 is 0. The van der Waals surface area contributed by atoms with Crippen LogP contribution in [0.15, 0.2) is 22.6 Å². The van der Waals surface area contributed by atoms with Crippen molar-refractivity contribution in [1.82, 2.24) is 0 Å². The maximum atomic E-state index is 5.18. The van der Waals surface area contributed by atoms with E-state index >= 15 is 0 Å². The van der Waals surface area contributed by atoms with E-state index in [1.165, 1.54) is 31.3 Å². The fourth-order valence-electron chi connectivity index (χ4n) is 1.48. The molecular formula is C10H11O. The van der Waals surface area contributed by atoms with Crippen LogP contribution in [0.2, 0.25) is 0 Å². The zero-order valence-electron chi connectivity index (χ0n) is 6.47. The Hall–Kier alpha value is -0.980. The number of hydrogen-bond donors (Lipinski definition) is 0. The fourth-order valence-corrected chi connectivity index (χ4v) is 1.48. The highest BCUT2D eigenvalue weighted by Gasteiger charge is 2.07. The summed E-state index contributed by atoms with van der Waals surface area (Å²) in [7, 11) is 0. The van der Waals surface area contributed by atoms with Crippen molar-refractivity contribution >= 4 is 5.57 Å². The predicted molar refractivity (Wildman–Crippen MR) is 44.0 cm³/mol. The summed E-state index contributed by atoms with van der Waals surface area (Å²) < 4.78 is 5.18. The van der Waals surface area contributed by atoms with Crippen molar-refractivity contribution < 1.29 is 4.42 Å². The molecule has 1 heteroatoms. The van der Waals surface area contributed by atoms with E-state index in [-0.39, 0.29) is 0 Å². The summed E-state index contributed by atoms with van der Waals surface area (Å²) in [6, 6.07) is 3.81. The first-order valence-electron chi connectivity index (χ1n) is 4.12. The fraction of sp³-hybridized carbons (Fsp3) is 0.400. The molecule has 1 heterocycles. The Morgan fingerprint density at radius 2 is 2.36 bits per heavy atom. The third kappa shape index (κ3) is 1.37. The lowest BCUT2D eigenvalue weighted by Gasteiger charge is -2.08. The zero-order valence-corrected chi connectivity index (χ0v) is 6.47. The average molecular weight is 147 g/mol. The van der Waals surface area contributed by atoms with Gasteiger partial charge in [-0.05, 0) is 43.4 Å². The maximum Gasteiger partial charge on any atom is 0.170 e. The molecule has 0 fully saturated rings. The van der Waals surface area contributed by atoms with Crippen LogP contribution in [0.25, 0.3) is 5.57 Å². The summed E-state index contributed by atoms with van der Waals surface area (Å²) in [5, 5.41) is 0. The summed E-state index contributed by atoms with van der Waals surface area (Å²) in [6.07, 6.45) is 9.98. The van der Waals surface area contributed by atoms with Gasteiger partial charge in [0.05, 0.1) is 0 Å². The number of hydrogen-bond acceptors (Lipinski definition) is 1. The normalized spacial score (nSPS) is 18.0. The second kappa shape index (κ2) is 2.95. The van der Waals surface area contributed by atoms with Gasteiger partial charge < -0.3 is 4.42 Å². The van der Waals surface area contributed by atoms with Crippen molar-refractivity contribution in [3.8, 4) is 0 Å². The number of allylic oxidation sites excluding steroid dienone is 2. The van der Waals surface area contributed by atoms with Gasteiger partial charge in [0.2, 0.25) is 0 Å². The van der Waals surface area contributed by atoms with Crippen molar-refractivity contribution in [2.45, 2.75) is 25.7 Å². The first kappa shape index (κ1) is 6.71. The van der Waals surface area contributed by atoms with Crippen molar-refractivity contribution in [2.24, 2.45) is 0 Å². The van der Waals surface area contributed by atoms with Crippen LogP contribution in [-0.2, 0) is 0 Å². The third-order valence-electron chi connectivity index (χ3n) is 2.08. The standard InChI is InChI=1S/C10H11O/c1-2-5-9(6-3-1)10-7-4-8-11-10/h4-5,7H,1-3,6H2. The summed E-state index contributed by atoms with van der Waals surface area (Å²) in [6.45, 7) is 0. The summed E-state index contributed by atoms with van der Waals surface area (Å²) in [5.41, 5.74) is 1.36. The predicted octanol–water partition coefficient (Wildman–Crippen LogP) is 3.04. The molecule has 0 aromatic carbocycles. The minimum Gasteiger partial charge on any atom is -0.453 e. The number of furan rings is 1. The Morgan fingerprint density at radius 3 is 3.00 bits per heavy atom. The van der Waals surface area contributed by atoms with Crippen molar-refractivity contribution in [2.75, 3.05) is 0 Å². The van der Waals surface area contributed by atoms with Gasteiger partial charge in [-0.25, -0.2) is 0 Å². The lowest BCUT2D eigenvalue weighted by molar-refractivity contribution is 0.537. The van der Waals surface area contributed by atoms with Crippen molar-refractivity contribution in [3.05, 3.63) is 30.2 Å². The van der Waals surface area contributed by atoms with Crippen LogP contribution in [0.3, 0.4) is 0 Å². The molecule has 0 saturated carbocycles. The van der Waals surface area contributed by atoms with E-state index < -0.39 is 0 Å². The number of rotatable bonds is 1. The van der Waals surface area contributed by atoms with Gasteiger partial charge in [0.15, 0.2) is 6.26 Å². The van der Waals surface area contributed by atoms with Gasteiger partial charge in [-0.3, -0.25) is 0 Å². The van der Waals surface area contributed by atoms with Gasteiger partial charge in [0, 0.05) is 0 Å². The lowest BCUT2D eigenvalue weighted by Crippen LogP contribution is -1.89. The second-order valence-corrected chi connectivity index (χ2v) is 2.89. The summed E-state index contributed by atoms with van der Waals surface area (Å²) in [4.78, 5) is 0. The highest BCUT2D eigenvalue weighted by atomic mass is 16.3. The topological polar surface area (TPSA) is 13.1 Å². The molecule has 2 rings (SSSR count). The van der Waals surface area contributed by atoms with Gasteiger partial charge >= 0.3 is 0 Å². The second-order valence-electron chi connectivity index (χ2n) is 2.89. The van der Waals surface area contributed by atoms with Gasteiger partial charge in [-0.15, -0.1) is 0 Å². The van der Waals surface area contributed by atoms with E-state index in [4.69, 9.17) is 4.42 Å². The van der Waals surface area contributed by atoms with Crippen LogP contribution in [-0.4, -0.2) is 0 Å². The van der Waals surface area contributed by atoms with Crippen molar-refractivity contribution in [1.29, 1.82) is 0 Å². The van der Waals surface area contributed by atoms with E-state index in [1.54, 1.807) is 0 Å². The molecule has 1 aliphatic rings. The maximum absolute atomic E-state index is 5.18. The van der Waals surface area contributed by atoms with E-state index in [9.17, 15) is 0 Å². The van der Waals surface area contributed by atoms with Crippen LogP contribution < -0.4 is 0 Å². The lowest BCUT2D eigenvalue weighted by atomic mass is 9.98. The van der Waals surface area contributed by atoms with Gasteiger partial charge in [0.25, 0.3) is 0 Å². The van der Waals surface area contributed by atoms with Crippen molar-refractivity contribution in [3.63, 3.8) is 0 Å². The van der Waals surface area contributed by atoms with E-state index in [2.05, 4.69) is 12.3 Å². The van der Waals surface area contributed by atoms with E-state index in [1.807, 2.05) is 12.1 Å². The molecule has 57 valence electrons. The molecule has 1 aromatic heterocycles. The molecule has 0 N–H and O–H groups in total. The highest BCUT2D eigenvalue weighted by molar-refractivity contribution is 5.61. The molecule has 0 unspecified atom stereocenters. The van der Waals surface area contributed by atoms with Gasteiger partial charge in [0.1, 0.15) is 5.76 Å². The molecule has 0 spiro atoms. The largest absolute Gasteiger partial charge is 0.453 e. The van der Waals surface area contributed by atoms with E-state index in [0.29, 0.717) is 0 Å². The molecule has 0 atom stereocenters. The molecule has 0 bridgehead atoms. The van der Waals surface area contributed by atoms with Crippen LogP contribution in [0.5, 0.6) is 0 Å². The third-order valence-corrected chi connectivity index (χ3v) is 2.08. The highest BCUT2D eigenvalue weighted by Crippen LogP contribution is 2.26. The molecule has 1 nitrogen and oxygen atoms in total. The molecule has 0 saturated heterocycles. The van der Waals surface area contributed by atoms with Gasteiger partial charge in [-0.2, -0.15) is 0 Å². The molecule has 1 radical (unpaired) electrons. The summed E-state index contributed by atoms with van der Waals surface area (Å²) in [5.74, 6) is 1.00. The Kier molecular flexibility index (Phi) is 1.80. The molecule has 1 aliphatic carbocycles. The molecule has 0 amide bonds. The Labute approximate surface area is 66.7 Å². The van der Waals surface area contributed by atoms with Crippen LogP contribution in [0.4, 0.5) is 0 Å². The molecular weight excluding hydrogens is 136 g/mol. The first-order valence-corrected chi connectivity index (χ1v) is 4.12. The SMILES string of the molecule is [c]1ccc(C2=CCCCC2)o1. The van der Waals surface area contributed by atoms with Crippen LogP contribution >= 0.6 is 0 Å². The zero-order chi connectivity index (χ0) is 7.52. The monoisotopic (exact) mass is 147 g/mol. The van der Waals surface area contributed by atoms with Gasteiger partial charge in [-0.1, -0.05) is 6.08 Å². The Morgan fingerprint density at radius 1 is 1.36 bits per heavy atom. The quantitative estimate of drug-likeness (QED) is 0.595. The minimum atomic E-state index is 1.00. The van der Waals surface area contributed by atoms with Crippen LogP contribution in [0, 0.1) is 6.26 Å². The molecule has 0 aliphatic heterocycles.